The molecule has 1 aromatic rings. The molecule has 1 aromatic carbocycles. The van der Waals surface area contributed by atoms with Gasteiger partial charge in [0.05, 0.1) is 5.75 Å². The molecule has 1 saturated heterocycles. The quantitative estimate of drug-likeness (QED) is 0.798. The molecule has 1 aliphatic rings. The Labute approximate surface area is 149 Å². The van der Waals surface area contributed by atoms with Gasteiger partial charge in [-0.2, -0.15) is 0 Å². The molecule has 0 aromatic heterocycles. The summed E-state index contributed by atoms with van der Waals surface area (Å²) in [6.45, 7) is 6.92. The largest absolute Gasteiger partial charge is 0.338 e. The van der Waals surface area contributed by atoms with Crippen LogP contribution in [0.4, 0.5) is 0 Å². The maximum absolute atomic E-state index is 12.5. The number of hydrogen-bond acceptors (Lipinski definition) is 3. The Hall–Kier alpha value is -1.11. The van der Waals surface area contributed by atoms with E-state index < -0.39 is 10.0 Å². The molecule has 2 rings (SSSR count). The highest BCUT2D eigenvalue weighted by atomic mass is 35.5. The van der Waals surface area contributed by atoms with E-state index in [1.807, 2.05) is 25.7 Å². The van der Waals surface area contributed by atoms with E-state index in [2.05, 4.69) is 0 Å². The van der Waals surface area contributed by atoms with Crippen LogP contribution in [0, 0.1) is 5.92 Å². The van der Waals surface area contributed by atoms with Crippen LogP contribution in [0.15, 0.2) is 24.3 Å². The molecule has 7 heteroatoms. The molecule has 1 amide bonds. The van der Waals surface area contributed by atoms with E-state index in [1.54, 1.807) is 31.3 Å². The van der Waals surface area contributed by atoms with Gasteiger partial charge in [0, 0.05) is 37.1 Å². The van der Waals surface area contributed by atoms with Crippen LogP contribution in [0.2, 0.25) is 5.02 Å². The van der Waals surface area contributed by atoms with Crippen molar-refractivity contribution < 1.29 is 13.2 Å². The topological polar surface area (TPSA) is 57.7 Å². The van der Waals surface area contributed by atoms with Crippen molar-refractivity contribution in [1.82, 2.24) is 9.21 Å². The summed E-state index contributed by atoms with van der Waals surface area (Å²) in [7, 11) is -1.87. The number of sulfonamides is 1. The lowest BCUT2D eigenvalue weighted by atomic mass is 10.1. The van der Waals surface area contributed by atoms with Gasteiger partial charge >= 0.3 is 0 Å². The van der Waals surface area contributed by atoms with Gasteiger partial charge in [0.25, 0.3) is 0 Å². The highest BCUT2D eigenvalue weighted by Crippen LogP contribution is 2.27. The SMILES string of the molecule is CN(CC1CC(=O)N(C(C)(C)C)C1)S(=O)(=O)Cc1cccc(Cl)c1. The molecule has 0 radical (unpaired) electrons. The Morgan fingerprint density at radius 3 is 2.54 bits per heavy atom. The van der Waals surface area contributed by atoms with Crippen molar-refractivity contribution in [2.45, 2.75) is 38.5 Å². The molecule has 0 bridgehead atoms. The minimum Gasteiger partial charge on any atom is -0.338 e. The van der Waals surface area contributed by atoms with Gasteiger partial charge in [-0.3, -0.25) is 4.79 Å². The molecular formula is C17H25ClN2O3S. The molecular weight excluding hydrogens is 348 g/mol. The van der Waals surface area contributed by atoms with Crippen LogP contribution in [-0.2, 0) is 20.6 Å². The molecule has 0 spiro atoms. The third-order valence-corrected chi connectivity index (χ3v) is 6.28. The van der Waals surface area contributed by atoms with E-state index in [0.717, 1.165) is 0 Å². The number of hydrogen-bond donors (Lipinski definition) is 0. The average molecular weight is 373 g/mol. The average Bonchev–Trinajstić information content (AvgIpc) is 2.79. The van der Waals surface area contributed by atoms with E-state index in [1.165, 1.54) is 4.31 Å². The second-order valence-electron chi connectivity index (χ2n) is 7.41. The number of carbonyl (C=O) groups is 1. The van der Waals surface area contributed by atoms with Crippen LogP contribution in [0.1, 0.15) is 32.8 Å². The molecule has 1 fully saturated rings. The van der Waals surface area contributed by atoms with Crippen molar-refractivity contribution in [1.29, 1.82) is 0 Å². The molecule has 5 nitrogen and oxygen atoms in total. The maximum Gasteiger partial charge on any atom is 0.223 e. The molecule has 0 saturated carbocycles. The molecule has 1 aliphatic heterocycles. The maximum atomic E-state index is 12.5. The lowest BCUT2D eigenvalue weighted by molar-refractivity contribution is -0.131. The molecule has 1 unspecified atom stereocenters. The van der Waals surface area contributed by atoms with Gasteiger partial charge < -0.3 is 4.90 Å². The number of halogens is 1. The van der Waals surface area contributed by atoms with Crippen molar-refractivity contribution in [3.8, 4) is 0 Å². The minimum absolute atomic E-state index is 0.0239. The minimum atomic E-state index is -3.44. The van der Waals surface area contributed by atoms with Crippen molar-refractivity contribution in [3.05, 3.63) is 34.9 Å². The second-order valence-corrected chi connectivity index (χ2v) is 9.92. The number of carbonyl (C=O) groups excluding carboxylic acids is 1. The number of likely N-dealkylation sites (tertiary alicyclic amines) is 1. The van der Waals surface area contributed by atoms with Crippen molar-refractivity contribution in [2.24, 2.45) is 5.92 Å². The summed E-state index contributed by atoms with van der Waals surface area (Å²) in [5, 5.41) is 0.521. The third-order valence-electron chi connectivity index (χ3n) is 4.24. The lowest BCUT2D eigenvalue weighted by Crippen LogP contribution is -2.43. The van der Waals surface area contributed by atoms with Gasteiger partial charge in [0.2, 0.25) is 15.9 Å². The van der Waals surface area contributed by atoms with Crippen LogP contribution < -0.4 is 0 Å². The van der Waals surface area contributed by atoms with Crippen molar-refractivity contribution >= 4 is 27.5 Å². The third kappa shape index (κ3) is 4.71. The monoisotopic (exact) mass is 372 g/mol. The number of amides is 1. The lowest BCUT2D eigenvalue weighted by Gasteiger charge is -2.32. The number of benzene rings is 1. The van der Waals surface area contributed by atoms with Crippen molar-refractivity contribution in [3.63, 3.8) is 0 Å². The Balaban J connectivity index is 2.01. The van der Waals surface area contributed by atoms with Gasteiger partial charge in [-0.1, -0.05) is 23.7 Å². The second kappa shape index (κ2) is 7.02. The first-order valence-corrected chi connectivity index (χ1v) is 9.96. The molecule has 0 N–H and O–H groups in total. The van der Waals surface area contributed by atoms with Crippen LogP contribution in [0.25, 0.3) is 0 Å². The zero-order valence-electron chi connectivity index (χ0n) is 14.6. The van der Waals surface area contributed by atoms with Gasteiger partial charge in [-0.15, -0.1) is 0 Å². The van der Waals surface area contributed by atoms with E-state index in [0.29, 0.717) is 30.1 Å². The first-order valence-electron chi connectivity index (χ1n) is 7.98. The Bertz CT molecular complexity index is 713. The van der Waals surface area contributed by atoms with Crippen LogP contribution in [0.3, 0.4) is 0 Å². The zero-order chi connectivity index (χ0) is 18.1. The predicted molar refractivity (Wildman–Crippen MR) is 96.3 cm³/mol. The summed E-state index contributed by atoms with van der Waals surface area (Å²) in [6, 6.07) is 6.86. The highest BCUT2D eigenvalue weighted by molar-refractivity contribution is 7.88. The number of rotatable bonds is 5. The summed E-state index contributed by atoms with van der Waals surface area (Å²) in [5.74, 6) is 0.0252. The molecule has 0 aliphatic carbocycles. The Kier molecular flexibility index (Phi) is 5.62. The van der Waals surface area contributed by atoms with E-state index in [-0.39, 0.29) is 23.1 Å². The van der Waals surface area contributed by atoms with E-state index >= 15 is 0 Å². The fraction of sp³-hybridized carbons (Fsp3) is 0.588. The highest BCUT2D eigenvalue weighted by Gasteiger charge is 2.37. The van der Waals surface area contributed by atoms with Crippen LogP contribution >= 0.6 is 11.6 Å². The summed E-state index contributed by atoms with van der Waals surface area (Å²) < 4.78 is 26.4. The van der Waals surface area contributed by atoms with E-state index in [4.69, 9.17) is 11.6 Å². The van der Waals surface area contributed by atoms with Gasteiger partial charge in [-0.05, 0) is 44.4 Å². The van der Waals surface area contributed by atoms with Gasteiger partial charge in [0.1, 0.15) is 0 Å². The Morgan fingerprint density at radius 2 is 2.00 bits per heavy atom. The van der Waals surface area contributed by atoms with Gasteiger partial charge in [0.15, 0.2) is 0 Å². The van der Waals surface area contributed by atoms with E-state index in [9.17, 15) is 13.2 Å². The first-order chi connectivity index (χ1) is 11.0. The first kappa shape index (κ1) is 19.2. The summed E-state index contributed by atoms with van der Waals surface area (Å²) in [6.07, 6.45) is 0.397. The molecule has 1 heterocycles. The fourth-order valence-electron chi connectivity index (χ4n) is 2.98. The molecule has 134 valence electrons. The zero-order valence-corrected chi connectivity index (χ0v) is 16.2. The predicted octanol–water partition coefficient (Wildman–Crippen LogP) is 2.75. The van der Waals surface area contributed by atoms with Crippen LogP contribution in [0.5, 0.6) is 0 Å². The summed E-state index contributed by atoms with van der Waals surface area (Å²) >= 11 is 5.91. The fourth-order valence-corrected chi connectivity index (χ4v) is 4.45. The Morgan fingerprint density at radius 1 is 1.33 bits per heavy atom. The molecule has 1 atom stereocenters. The normalized spacial score (nSPS) is 19.3. The standard InChI is InChI=1S/C17H25ClN2O3S/c1-17(2,3)20-11-14(9-16(20)21)10-19(4)24(22,23)12-13-6-5-7-15(18)8-13/h5-8,14H,9-12H2,1-4H3. The van der Waals surface area contributed by atoms with Crippen molar-refractivity contribution in [2.75, 3.05) is 20.1 Å². The summed E-state index contributed by atoms with van der Waals surface area (Å²) in [5.41, 5.74) is 0.428. The molecule has 24 heavy (non-hydrogen) atoms. The summed E-state index contributed by atoms with van der Waals surface area (Å²) in [4.78, 5) is 14.0. The van der Waals surface area contributed by atoms with Gasteiger partial charge in [-0.25, -0.2) is 12.7 Å². The number of nitrogens with zero attached hydrogens (tertiary/aromatic N) is 2. The smallest absolute Gasteiger partial charge is 0.223 e. The van der Waals surface area contributed by atoms with Crippen LogP contribution in [-0.4, -0.2) is 49.2 Å².